The highest BCUT2D eigenvalue weighted by atomic mass is 35.5. The Morgan fingerprint density at radius 2 is 1.77 bits per heavy atom. The summed E-state index contributed by atoms with van der Waals surface area (Å²) in [5.74, 6) is 0.772. The molecule has 0 saturated carbocycles. The molecule has 1 heterocycles. The van der Waals surface area contributed by atoms with Crippen LogP contribution in [0.3, 0.4) is 0 Å². The molecule has 0 spiro atoms. The highest BCUT2D eigenvalue weighted by Crippen LogP contribution is 2.28. The Morgan fingerprint density at radius 1 is 1.04 bits per heavy atom. The molecule has 1 aromatic heterocycles. The predicted octanol–water partition coefficient (Wildman–Crippen LogP) is 6.38. The molecule has 2 aromatic carbocycles. The van der Waals surface area contributed by atoms with Gasteiger partial charge in [-0.3, -0.25) is 4.79 Å². The molecule has 0 fully saturated rings. The summed E-state index contributed by atoms with van der Waals surface area (Å²) < 4.78 is 11.1. The average molecular weight is 411 g/mol. The average Bonchev–Trinajstić information content (AvgIpc) is 3.06. The zero-order valence-corrected chi connectivity index (χ0v) is 16.0. The van der Waals surface area contributed by atoms with Gasteiger partial charge >= 0.3 is 0 Å². The molecule has 134 valence electrons. The lowest BCUT2D eigenvalue weighted by molar-refractivity contribution is 0.0992. The van der Waals surface area contributed by atoms with Crippen LogP contribution in [0, 0.1) is 6.92 Å². The molecule has 4 nitrogen and oxygen atoms in total. The predicted molar refractivity (Wildman–Crippen MR) is 104 cm³/mol. The van der Waals surface area contributed by atoms with Gasteiger partial charge in [0, 0.05) is 15.7 Å². The van der Waals surface area contributed by atoms with Gasteiger partial charge in [0.25, 0.3) is 5.91 Å². The van der Waals surface area contributed by atoms with E-state index < -0.39 is 0 Å². The SMILES string of the molecule is Cc1ccc(Cl)cc1NC(=O)c1ccc(COc2ccc(Cl)cc2Cl)o1. The second-order valence-corrected chi connectivity index (χ2v) is 6.82. The number of anilines is 1. The molecule has 3 aromatic rings. The number of hydrogen-bond donors (Lipinski definition) is 1. The first kappa shape index (κ1) is 18.6. The molecule has 3 rings (SSSR count). The van der Waals surface area contributed by atoms with Gasteiger partial charge in [-0.1, -0.05) is 40.9 Å². The number of ether oxygens (including phenoxy) is 1. The Kier molecular flexibility index (Phi) is 5.77. The lowest BCUT2D eigenvalue weighted by Gasteiger charge is -2.08. The Hall–Kier alpha value is -2.14. The van der Waals surface area contributed by atoms with E-state index in [0.29, 0.717) is 32.3 Å². The Labute approximate surface area is 165 Å². The van der Waals surface area contributed by atoms with E-state index in [0.717, 1.165) is 5.56 Å². The van der Waals surface area contributed by atoms with Gasteiger partial charge in [-0.25, -0.2) is 0 Å². The standard InChI is InChI=1S/C19H14Cl3NO3/c1-11-2-3-13(21)9-16(11)23-19(24)18-7-5-14(26-18)10-25-17-6-4-12(20)8-15(17)22/h2-9H,10H2,1H3,(H,23,24). The first-order valence-electron chi connectivity index (χ1n) is 7.66. The summed E-state index contributed by atoms with van der Waals surface area (Å²) in [6.07, 6.45) is 0. The van der Waals surface area contributed by atoms with Crippen molar-refractivity contribution < 1.29 is 13.9 Å². The van der Waals surface area contributed by atoms with Crippen molar-refractivity contribution in [1.29, 1.82) is 0 Å². The minimum atomic E-state index is -0.369. The van der Waals surface area contributed by atoms with E-state index in [4.69, 9.17) is 44.0 Å². The van der Waals surface area contributed by atoms with E-state index in [1.165, 1.54) is 0 Å². The quantitative estimate of drug-likeness (QED) is 0.531. The van der Waals surface area contributed by atoms with Crippen molar-refractivity contribution in [3.63, 3.8) is 0 Å². The normalized spacial score (nSPS) is 10.6. The summed E-state index contributed by atoms with van der Waals surface area (Å²) in [6, 6.07) is 13.5. The molecule has 0 unspecified atom stereocenters. The van der Waals surface area contributed by atoms with Crippen LogP contribution >= 0.6 is 34.8 Å². The Morgan fingerprint density at radius 3 is 2.54 bits per heavy atom. The van der Waals surface area contributed by atoms with E-state index in [9.17, 15) is 4.79 Å². The van der Waals surface area contributed by atoms with Crippen LogP contribution < -0.4 is 10.1 Å². The molecule has 1 N–H and O–H groups in total. The molecule has 0 aliphatic carbocycles. The number of rotatable bonds is 5. The van der Waals surface area contributed by atoms with Crippen molar-refractivity contribution in [2.45, 2.75) is 13.5 Å². The fourth-order valence-electron chi connectivity index (χ4n) is 2.23. The number of amides is 1. The third-order valence-electron chi connectivity index (χ3n) is 3.60. The maximum atomic E-state index is 12.3. The first-order valence-corrected chi connectivity index (χ1v) is 8.80. The summed E-state index contributed by atoms with van der Waals surface area (Å²) in [4.78, 5) is 12.3. The smallest absolute Gasteiger partial charge is 0.291 e. The van der Waals surface area contributed by atoms with Crippen LogP contribution in [0.15, 0.2) is 52.9 Å². The van der Waals surface area contributed by atoms with Gasteiger partial charge in [-0.2, -0.15) is 0 Å². The summed E-state index contributed by atoms with van der Waals surface area (Å²) >= 11 is 17.9. The van der Waals surface area contributed by atoms with Crippen LogP contribution in [0.1, 0.15) is 21.9 Å². The molecule has 0 aliphatic heterocycles. The summed E-state index contributed by atoms with van der Waals surface area (Å²) in [5, 5.41) is 4.24. The van der Waals surface area contributed by atoms with Crippen LogP contribution in [0.4, 0.5) is 5.69 Å². The third kappa shape index (κ3) is 4.52. The van der Waals surface area contributed by atoms with Crippen molar-refractivity contribution in [2.75, 3.05) is 5.32 Å². The fourth-order valence-corrected chi connectivity index (χ4v) is 2.87. The van der Waals surface area contributed by atoms with Crippen LogP contribution in [0.25, 0.3) is 0 Å². The van der Waals surface area contributed by atoms with Gasteiger partial charge in [0.05, 0.1) is 5.02 Å². The Balaban J connectivity index is 1.65. The third-order valence-corrected chi connectivity index (χ3v) is 4.36. The van der Waals surface area contributed by atoms with Gasteiger partial charge in [0.2, 0.25) is 0 Å². The zero-order valence-electron chi connectivity index (χ0n) is 13.7. The van der Waals surface area contributed by atoms with E-state index in [2.05, 4.69) is 5.32 Å². The summed E-state index contributed by atoms with van der Waals surface area (Å²) in [7, 11) is 0. The molecule has 0 radical (unpaired) electrons. The minimum Gasteiger partial charge on any atom is -0.484 e. The topological polar surface area (TPSA) is 51.5 Å². The molecule has 1 amide bonds. The first-order chi connectivity index (χ1) is 12.4. The van der Waals surface area contributed by atoms with Crippen LogP contribution in [0.2, 0.25) is 15.1 Å². The fraction of sp³-hybridized carbons (Fsp3) is 0.105. The molecule has 0 aliphatic rings. The maximum absolute atomic E-state index is 12.3. The number of carbonyl (C=O) groups is 1. The van der Waals surface area contributed by atoms with Crippen molar-refractivity contribution in [1.82, 2.24) is 0 Å². The number of halogens is 3. The number of hydrogen-bond acceptors (Lipinski definition) is 3. The van der Waals surface area contributed by atoms with Crippen LogP contribution in [-0.4, -0.2) is 5.91 Å². The number of benzene rings is 2. The van der Waals surface area contributed by atoms with E-state index >= 15 is 0 Å². The second-order valence-electron chi connectivity index (χ2n) is 5.54. The summed E-state index contributed by atoms with van der Waals surface area (Å²) in [6.45, 7) is 2.01. The van der Waals surface area contributed by atoms with Crippen LogP contribution in [0.5, 0.6) is 5.75 Å². The highest BCUT2D eigenvalue weighted by molar-refractivity contribution is 6.35. The van der Waals surface area contributed by atoms with Gasteiger partial charge in [0.1, 0.15) is 18.1 Å². The molecular weight excluding hydrogens is 397 g/mol. The molecule has 7 heteroatoms. The van der Waals surface area contributed by atoms with Crippen LogP contribution in [-0.2, 0) is 6.61 Å². The van der Waals surface area contributed by atoms with Crippen molar-refractivity contribution in [3.05, 3.63) is 80.7 Å². The lowest BCUT2D eigenvalue weighted by atomic mass is 10.2. The van der Waals surface area contributed by atoms with E-state index in [1.807, 2.05) is 13.0 Å². The molecule has 0 bridgehead atoms. The molecule has 26 heavy (non-hydrogen) atoms. The monoisotopic (exact) mass is 409 g/mol. The number of furan rings is 1. The van der Waals surface area contributed by atoms with Crippen molar-refractivity contribution in [2.24, 2.45) is 0 Å². The lowest BCUT2D eigenvalue weighted by Crippen LogP contribution is -2.11. The molecule has 0 atom stereocenters. The second kappa shape index (κ2) is 8.04. The van der Waals surface area contributed by atoms with Gasteiger partial charge in [-0.15, -0.1) is 0 Å². The van der Waals surface area contributed by atoms with Gasteiger partial charge < -0.3 is 14.5 Å². The molecular formula is C19H14Cl3NO3. The highest BCUT2D eigenvalue weighted by Gasteiger charge is 2.13. The maximum Gasteiger partial charge on any atom is 0.291 e. The van der Waals surface area contributed by atoms with E-state index in [-0.39, 0.29) is 18.3 Å². The van der Waals surface area contributed by atoms with E-state index in [1.54, 1.807) is 42.5 Å². The minimum absolute atomic E-state index is 0.130. The number of nitrogens with one attached hydrogen (secondary N) is 1. The largest absolute Gasteiger partial charge is 0.484 e. The Bertz CT molecular complexity index is 953. The summed E-state index contributed by atoms with van der Waals surface area (Å²) in [5.41, 5.74) is 1.53. The van der Waals surface area contributed by atoms with Gasteiger partial charge in [0.15, 0.2) is 5.76 Å². The molecule has 0 saturated heterocycles. The van der Waals surface area contributed by atoms with Gasteiger partial charge in [-0.05, 0) is 55.0 Å². The number of carbonyl (C=O) groups excluding carboxylic acids is 1. The van der Waals surface area contributed by atoms with Crippen molar-refractivity contribution in [3.8, 4) is 5.75 Å². The number of aryl methyl sites for hydroxylation is 1. The van der Waals surface area contributed by atoms with Crippen molar-refractivity contribution >= 4 is 46.4 Å². The zero-order chi connectivity index (χ0) is 18.7.